The van der Waals surface area contributed by atoms with Crippen LogP contribution in [0.2, 0.25) is 0 Å². The molecule has 0 unspecified atom stereocenters. The molecule has 0 aromatic heterocycles. The van der Waals surface area contributed by atoms with Gasteiger partial charge < -0.3 is 14.8 Å². The number of amides is 1. The summed E-state index contributed by atoms with van der Waals surface area (Å²) in [5, 5.41) is 2.08. The molecule has 1 atom stereocenters. The van der Waals surface area contributed by atoms with Crippen LogP contribution in [0.3, 0.4) is 0 Å². The SMILES string of the molecule is C[C@@H](OC(=O)COc1ccccc1C(C)(C)C)C(=O)Nc1c(F)cccc1F. The zero-order valence-electron chi connectivity index (χ0n) is 16.2. The van der Waals surface area contributed by atoms with E-state index in [1.807, 2.05) is 32.9 Å². The van der Waals surface area contributed by atoms with Crippen LogP contribution in [-0.2, 0) is 19.7 Å². The zero-order valence-corrected chi connectivity index (χ0v) is 16.2. The first kappa shape index (κ1) is 21.3. The fourth-order valence-electron chi connectivity index (χ4n) is 2.48. The highest BCUT2D eigenvalue weighted by Crippen LogP contribution is 2.30. The molecule has 7 heteroatoms. The highest BCUT2D eigenvalue weighted by atomic mass is 19.1. The van der Waals surface area contributed by atoms with Gasteiger partial charge in [0.2, 0.25) is 0 Å². The largest absolute Gasteiger partial charge is 0.482 e. The molecular formula is C21H23F2NO4. The summed E-state index contributed by atoms with van der Waals surface area (Å²) in [5.74, 6) is -2.94. The molecule has 5 nitrogen and oxygen atoms in total. The Kier molecular flexibility index (Phi) is 6.72. The number of benzene rings is 2. The van der Waals surface area contributed by atoms with Gasteiger partial charge in [-0.25, -0.2) is 13.6 Å². The van der Waals surface area contributed by atoms with Crippen LogP contribution in [0.15, 0.2) is 42.5 Å². The normalized spacial score (nSPS) is 12.2. The van der Waals surface area contributed by atoms with Gasteiger partial charge in [0.25, 0.3) is 5.91 Å². The van der Waals surface area contributed by atoms with Gasteiger partial charge >= 0.3 is 5.97 Å². The molecule has 0 fully saturated rings. The first-order chi connectivity index (χ1) is 13.1. The van der Waals surface area contributed by atoms with Crippen molar-refractivity contribution in [3.63, 3.8) is 0 Å². The van der Waals surface area contributed by atoms with E-state index in [-0.39, 0.29) is 5.41 Å². The molecule has 0 heterocycles. The standard InChI is InChI=1S/C21H23F2NO4/c1-13(20(26)24-19-15(22)9-7-10-16(19)23)28-18(25)12-27-17-11-6-5-8-14(17)21(2,3)4/h5-11,13H,12H2,1-4H3,(H,24,26)/t13-/m1/s1. The number of carbonyl (C=O) groups is 2. The van der Waals surface area contributed by atoms with Crippen molar-refractivity contribution < 1.29 is 27.8 Å². The molecule has 1 amide bonds. The Morgan fingerprint density at radius 2 is 1.64 bits per heavy atom. The zero-order chi connectivity index (χ0) is 20.9. The molecule has 2 aromatic rings. The van der Waals surface area contributed by atoms with Crippen molar-refractivity contribution >= 4 is 17.6 Å². The number of nitrogens with one attached hydrogen (secondary N) is 1. The second-order valence-electron chi connectivity index (χ2n) is 7.25. The van der Waals surface area contributed by atoms with Crippen molar-refractivity contribution in [3.05, 3.63) is 59.7 Å². The molecule has 0 radical (unpaired) electrons. The third-order valence-corrected chi connectivity index (χ3v) is 3.93. The number of esters is 1. The topological polar surface area (TPSA) is 64.6 Å². The van der Waals surface area contributed by atoms with Crippen molar-refractivity contribution in [1.29, 1.82) is 0 Å². The summed E-state index contributed by atoms with van der Waals surface area (Å²) in [4.78, 5) is 24.1. The minimum atomic E-state index is -1.26. The molecule has 0 aliphatic rings. The highest BCUT2D eigenvalue weighted by molar-refractivity contribution is 5.95. The van der Waals surface area contributed by atoms with Crippen LogP contribution in [0, 0.1) is 11.6 Å². The lowest BCUT2D eigenvalue weighted by atomic mass is 9.86. The summed E-state index contributed by atoms with van der Waals surface area (Å²) in [6.45, 7) is 6.94. The monoisotopic (exact) mass is 391 g/mol. The number of ether oxygens (including phenoxy) is 2. The molecule has 0 saturated heterocycles. The molecule has 28 heavy (non-hydrogen) atoms. The summed E-state index contributed by atoms with van der Waals surface area (Å²) in [5.41, 5.74) is 0.145. The molecule has 0 spiro atoms. The number of para-hydroxylation sites is 2. The molecule has 0 bridgehead atoms. The summed E-state index contributed by atoms with van der Waals surface area (Å²) in [7, 11) is 0. The Hall–Kier alpha value is -2.96. The van der Waals surface area contributed by atoms with E-state index in [2.05, 4.69) is 5.32 Å². The van der Waals surface area contributed by atoms with Gasteiger partial charge in [0.15, 0.2) is 12.7 Å². The predicted octanol–water partition coefficient (Wildman–Crippen LogP) is 4.21. The predicted molar refractivity (Wildman–Crippen MR) is 101 cm³/mol. The van der Waals surface area contributed by atoms with Gasteiger partial charge in [-0.05, 0) is 36.1 Å². The highest BCUT2D eigenvalue weighted by Gasteiger charge is 2.22. The Bertz CT molecular complexity index is 841. The fourth-order valence-corrected chi connectivity index (χ4v) is 2.48. The number of hydrogen-bond donors (Lipinski definition) is 1. The van der Waals surface area contributed by atoms with Gasteiger partial charge in [-0.15, -0.1) is 0 Å². The average Bonchev–Trinajstić information content (AvgIpc) is 2.62. The van der Waals surface area contributed by atoms with Crippen molar-refractivity contribution in [2.24, 2.45) is 0 Å². The number of carbonyl (C=O) groups excluding carboxylic acids is 2. The molecule has 2 aromatic carbocycles. The summed E-state index contributed by atoms with van der Waals surface area (Å²) >= 11 is 0. The third kappa shape index (κ3) is 5.52. The van der Waals surface area contributed by atoms with Crippen LogP contribution in [0.25, 0.3) is 0 Å². The van der Waals surface area contributed by atoms with Crippen LogP contribution in [-0.4, -0.2) is 24.6 Å². The van der Waals surface area contributed by atoms with E-state index < -0.39 is 41.9 Å². The average molecular weight is 391 g/mol. The van der Waals surface area contributed by atoms with Gasteiger partial charge in [-0.1, -0.05) is 45.0 Å². The van der Waals surface area contributed by atoms with Crippen molar-refractivity contribution in [2.45, 2.75) is 39.2 Å². The number of hydrogen-bond acceptors (Lipinski definition) is 4. The molecular weight excluding hydrogens is 368 g/mol. The molecule has 150 valence electrons. The van der Waals surface area contributed by atoms with Crippen molar-refractivity contribution in [2.75, 3.05) is 11.9 Å². The lowest BCUT2D eigenvalue weighted by molar-refractivity contribution is -0.155. The molecule has 0 saturated carbocycles. The minimum absolute atomic E-state index is 0.183. The van der Waals surface area contributed by atoms with Gasteiger partial charge in [0.05, 0.1) is 0 Å². The van der Waals surface area contributed by atoms with Gasteiger partial charge in [0.1, 0.15) is 23.1 Å². The van der Waals surface area contributed by atoms with E-state index in [0.29, 0.717) is 5.75 Å². The van der Waals surface area contributed by atoms with Gasteiger partial charge in [-0.2, -0.15) is 0 Å². The van der Waals surface area contributed by atoms with E-state index >= 15 is 0 Å². The Morgan fingerprint density at radius 1 is 1.04 bits per heavy atom. The lowest BCUT2D eigenvalue weighted by Crippen LogP contribution is -2.32. The van der Waals surface area contributed by atoms with E-state index in [1.165, 1.54) is 13.0 Å². The van der Waals surface area contributed by atoms with Crippen LogP contribution in [0.1, 0.15) is 33.3 Å². The van der Waals surface area contributed by atoms with Crippen LogP contribution < -0.4 is 10.1 Å². The fraction of sp³-hybridized carbons (Fsp3) is 0.333. The van der Waals surface area contributed by atoms with E-state index in [4.69, 9.17) is 9.47 Å². The Morgan fingerprint density at radius 3 is 2.25 bits per heavy atom. The molecule has 2 rings (SSSR count). The maximum Gasteiger partial charge on any atom is 0.344 e. The maximum atomic E-state index is 13.6. The van der Waals surface area contributed by atoms with Gasteiger partial charge in [-0.3, -0.25) is 4.79 Å². The smallest absolute Gasteiger partial charge is 0.344 e. The molecule has 0 aliphatic carbocycles. The van der Waals surface area contributed by atoms with Crippen LogP contribution >= 0.6 is 0 Å². The molecule has 0 aliphatic heterocycles. The summed E-state index contributed by atoms with van der Waals surface area (Å²) < 4.78 is 37.7. The lowest BCUT2D eigenvalue weighted by Gasteiger charge is -2.22. The quantitative estimate of drug-likeness (QED) is 0.749. The van der Waals surface area contributed by atoms with E-state index in [9.17, 15) is 18.4 Å². The second-order valence-corrected chi connectivity index (χ2v) is 7.25. The second kappa shape index (κ2) is 8.82. The number of anilines is 1. The third-order valence-electron chi connectivity index (χ3n) is 3.93. The van der Waals surface area contributed by atoms with Crippen LogP contribution in [0.5, 0.6) is 5.75 Å². The number of halogens is 2. The van der Waals surface area contributed by atoms with E-state index in [0.717, 1.165) is 17.7 Å². The first-order valence-electron chi connectivity index (χ1n) is 8.76. The van der Waals surface area contributed by atoms with Crippen molar-refractivity contribution in [3.8, 4) is 5.75 Å². The first-order valence-corrected chi connectivity index (χ1v) is 8.76. The summed E-state index contributed by atoms with van der Waals surface area (Å²) in [6, 6.07) is 10.5. The number of rotatable bonds is 6. The maximum absolute atomic E-state index is 13.6. The summed E-state index contributed by atoms with van der Waals surface area (Å²) in [6.07, 6.45) is -1.26. The van der Waals surface area contributed by atoms with Gasteiger partial charge in [0, 0.05) is 0 Å². The Labute approximate surface area is 162 Å². The van der Waals surface area contributed by atoms with Crippen LogP contribution in [0.4, 0.5) is 14.5 Å². The minimum Gasteiger partial charge on any atom is -0.482 e. The van der Waals surface area contributed by atoms with Crippen molar-refractivity contribution in [1.82, 2.24) is 0 Å². The Balaban J connectivity index is 1.94. The molecule has 1 N–H and O–H groups in total. The van der Waals surface area contributed by atoms with E-state index in [1.54, 1.807) is 12.1 Å².